The van der Waals surface area contributed by atoms with Gasteiger partial charge in [0.1, 0.15) is 0 Å². The van der Waals surface area contributed by atoms with Gasteiger partial charge in [-0.05, 0) is 44.2 Å². The number of aryl methyl sites for hydroxylation is 1. The van der Waals surface area contributed by atoms with Crippen LogP contribution in [0.3, 0.4) is 0 Å². The van der Waals surface area contributed by atoms with Gasteiger partial charge in [-0.15, -0.1) is 0 Å². The summed E-state index contributed by atoms with van der Waals surface area (Å²) in [6.07, 6.45) is 1.83. The summed E-state index contributed by atoms with van der Waals surface area (Å²) in [6.45, 7) is 4.17. The Morgan fingerprint density at radius 3 is 2.43 bits per heavy atom. The lowest BCUT2D eigenvalue weighted by molar-refractivity contribution is 0.965. The van der Waals surface area contributed by atoms with E-state index in [2.05, 4.69) is 41.6 Å². The molecule has 2 nitrogen and oxygen atoms in total. The molecule has 1 aromatic heterocycles. The average Bonchev–Trinajstić information content (AvgIpc) is 2.84. The SMILES string of the molecule is Cc1cc(C=Nc2cccc(Cl)c2Cl)c(C)n1-c1ccccc1. The Labute approximate surface area is 146 Å². The van der Waals surface area contributed by atoms with Gasteiger partial charge >= 0.3 is 0 Å². The molecule has 0 bridgehead atoms. The minimum Gasteiger partial charge on any atom is -0.318 e. The standard InChI is InChI=1S/C19H16Cl2N2/c1-13-11-15(12-22-18-10-6-9-17(20)19(18)21)14(2)23(13)16-7-4-3-5-8-16/h3-12H,1-2H3. The lowest BCUT2D eigenvalue weighted by Gasteiger charge is -2.09. The fraction of sp³-hybridized carbons (Fsp3) is 0.105. The Morgan fingerprint density at radius 2 is 1.70 bits per heavy atom. The van der Waals surface area contributed by atoms with Gasteiger partial charge < -0.3 is 4.57 Å². The number of halogens is 2. The van der Waals surface area contributed by atoms with E-state index in [0.29, 0.717) is 15.7 Å². The molecule has 0 aliphatic carbocycles. The maximum atomic E-state index is 6.18. The van der Waals surface area contributed by atoms with Crippen LogP contribution in [0.1, 0.15) is 17.0 Å². The zero-order chi connectivity index (χ0) is 16.4. The van der Waals surface area contributed by atoms with E-state index in [9.17, 15) is 0 Å². The number of aromatic nitrogens is 1. The molecular formula is C19H16Cl2N2. The number of aliphatic imine (C=N–C) groups is 1. The van der Waals surface area contributed by atoms with Gasteiger partial charge in [0.2, 0.25) is 0 Å². The van der Waals surface area contributed by atoms with Gasteiger partial charge in [0.15, 0.2) is 0 Å². The van der Waals surface area contributed by atoms with Crippen molar-refractivity contribution < 1.29 is 0 Å². The number of hydrogen-bond acceptors (Lipinski definition) is 1. The summed E-state index contributed by atoms with van der Waals surface area (Å²) in [4.78, 5) is 4.49. The minimum atomic E-state index is 0.474. The lowest BCUT2D eigenvalue weighted by atomic mass is 10.2. The fourth-order valence-corrected chi connectivity index (χ4v) is 2.97. The van der Waals surface area contributed by atoms with E-state index in [1.807, 2.05) is 36.5 Å². The third-order valence-corrected chi connectivity index (χ3v) is 4.57. The molecule has 2 aromatic carbocycles. The first kappa shape index (κ1) is 15.9. The van der Waals surface area contributed by atoms with E-state index in [0.717, 1.165) is 22.6 Å². The van der Waals surface area contributed by atoms with Crippen molar-refractivity contribution in [2.24, 2.45) is 4.99 Å². The molecule has 0 radical (unpaired) electrons. The number of hydrogen-bond donors (Lipinski definition) is 0. The Hall–Kier alpha value is -2.03. The molecule has 4 heteroatoms. The summed E-state index contributed by atoms with van der Waals surface area (Å²) in [5.41, 5.74) is 5.16. The van der Waals surface area contributed by atoms with Crippen LogP contribution in [0.5, 0.6) is 0 Å². The first-order chi connectivity index (χ1) is 11.1. The molecule has 0 saturated carbocycles. The molecule has 0 spiro atoms. The van der Waals surface area contributed by atoms with Gasteiger partial charge in [-0.2, -0.15) is 0 Å². The molecule has 0 fully saturated rings. The maximum Gasteiger partial charge on any atom is 0.0848 e. The lowest BCUT2D eigenvalue weighted by Crippen LogP contribution is -1.98. The highest BCUT2D eigenvalue weighted by molar-refractivity contribution is 6.43. The van der Waals surface area contributed by atoms with Crippen LogP contribution in [0, 0.1) is 13.8 Å². The summed E-state index contributed by atoms with van der Waals surface area (Å²) in [5.74, 6) is 0. The van der Waals surface area contributed by atoms with E-state index in [-0.39, 0.29) is 0 Å². The summed E-state index contributed by atoms with van der Waals surface area (Å²) in [6, 6.07) is 17.8. The van der Waals surface area contributed by atoms with Gasteiger partial charge in [-0.25, -0.2) is 0 Å². The van der Waals surface area contributed by atoms with Crippen LogP contribution in [0.4, 0.5) is 5.69 Å². The molecule has 3 aromatic rings. The first-order valence-electron chi connectivity index (χ1n) is 7.30. The molecule has 0 saturated heterocycles. The van der Waals surface area contributed by atoms with Crippen molar-refractivity contribution in [3.8, 4) is 5.69 Å². The maximum absolute atomic E-state index is 6.18. The van der Waals surface area contributed by atoms with Crippen molar-refractivity contribution in [3.63, 3.8) is 0 Å². The topological polar surface area (TPSA) is 17.3 Å². The normalized spacial score (nSPS) is 11.3. The van der Waals surface area contributed by atoms with Crippen LogP contribution in [-0.4, -0.2) is 10.8 Å². The summed E-state index contributed by atoms with van der Waals surface area (Å²) < 4.78 is 2.21. The Balaban J connectivity index is 1.99. The summed E-state index contributed by atoms with van der Waals surface area (Å²) in [7, 11) is 0. The second-order valence-corrected chi connectivity index (χ2v) is 6.11. The number of rotatable bonds is 3. The summed E-state index contributed by atoms with van der Waals surface area (Å²) >= 11 is 12.2. The van der Waals surface area contributed by atoms with Crippen molar-refractivity contribution >= 4 is 35.1 Å². The molecule has 0 unspecified atom stereocenters. The number of nitrogens with zero attached hydrogens (tertiary/aromatic N) is 2. The van der Waals surface area contributed by atoms with Gasteiger partial charge in [0.05, 0.1) is 15.7 Å². The van der Waals surface area contributed by atoms with E-state index >= 15 is 0 Å². The molecule has 3 rings (SSSR count). The van der Waals surface area contributed by atoms with Crippen LogP contribution in [0.25, 0.3) is 5.69 Å². The van der Waals surface area contributed by atoms with E-state index in [4.69, 9.17) is 23.2 Å². The molecule has 0 amide bonds. The molecule has 0 aliphatic rings. The molecule has 0 atom stereocenters. The predicted molar refractivity (Wildman–Crippen MR) is 99.0 cm³/mol. The fourth-order valence-electron chi connectivity index (χ4n) is 2.62. The van der Waals surface area contributed by atoms with E-state index in [1.54, 1.807) is 6.07 Å². The summed E-state index contributed by atoms with van der Waals surface area (Å²) in [5, 5.41) is 0.985. The molecule has 1 heterocycles. The molecule has 0 aliphatic heterocycles. The van der Waals surface area contributed by atoms with Crippen molar-refractivity contribution in [2.75, 3.05) is 0 Å². The van der Waals surface area contributed by atoms with Crippen molar-refractivity contribution in [2.45, 2.75) is 13.8 Å². The van der Waals surface area contributed by atoms with Gasteiger partial charge in [-0.3, -0.25) is 4.99 Å². The largest absolute Gasteiger partial charge is 0.318 e. The zero-order valence-electron chi connectivity index (χ0n) is 12.9. The zero-order valence-corrected chi connectivity index (χ0v) is 14.4. The highest BCUT2D eigenvalue weighted by Gasteiger charge is 2.09. The quantitative estimate of drug-likeness (QED) is 0.507. The highest BCUT2D eigenvalue weighted by atomic mass is 35.5. The Bertz CT molecular complexity index is 865. The predicted octanol–water partition coefficient (Wildman–Crippen LogP) is 6.15. The van der Waals surface area contributed by atoms with E-state index in [1.165, 1.54) is 0 Å². The average molecular weight is 343 g/mol. The van der Waals surface area contributed by atoms with Crippen LogP contribution >= 0.6 is 23.2 Å². The number of para-hydroxylation sites is 1. The molecule has 23 heavy (non-hydrogen) atoms. The van der Waals surface area contributed by atoms with Crippen molar-refractivity contribution in [1.29, 1.82) is 0 Å². The second-order valence-electron chi connectivity index (χ2n) is 5.33. The van der Waals surface area contributed by atoms with Gasteiger partial charge in [-0.1, -0.05) is 47.5 Å². The third-order valence-electron chi connectivity index (χ3n) is 3.76. The molecule has 116 valence electrons. The van der Waals surface area contributed by atoms with Gasteiger partial charge in [0, 0.05) is 28.9 Å². The third kappa shape index (κ3) is 3.19. The highest BCUT2D eigenvalue weighted by Crippen LogP contribution is 2.31. The number of benzene rings is 2. The Kier molecular flexibility index (Phi) is 4.56. The van der Waals surface area contributed by atoms with Crippen molar-refractivity contribution in [1.82, 2.24) is 4.57 Å². The van der Waals surface area contributed by atoms with Crippen LogP contribution in [0.15, 0.2) is 59.6 Å². The van der Waals surface area contributed by atoms with Crippen LogP contribution < -0.4 is 0 Å². The van der Waals surface area contributed by atoms with Gasteiger partial charge in [0.25, 0.3) is 0 Å². The molecule has 0 N–H and O–H groups in total. The van der Waals surface area contributed by atoms with E-state index < -0.39 is 0 Å². The second kappa shape index (κ2) is 6.61. The monoisotopic (exact) mass is 342 g/mol. The smallest absolute Gasteiger partial charge is 0.0848 e. The van der Waals surface area contributed by atoms with Crippen LogP contribution in [0.2, 0.25) is 10.0 Å². The Morgan fingerprint density at radius 1 is 0.957 bits per heavy atom. The minimum absolute atomic E-state index is 0.474. The van der Waals surface area contributed by atoms with Crippen LogP contribution in [-0.2, 0) is 0 Å². The molecular weight excluding hydrogens is 327 g/mol. The first-order valence-corrected chi connectivity index (χ1v) is 8.06. The van der Waals surface area contributed by atoms with Crippen molar-refractivity contribution in [3.05, 3.63) is 81.6 Å².